The number of H-pyrrole nitrogens is 1. The fraction of sp³-hybridized carbons (Fsp3) is 0.486. The summed E-state index contributed by atoms with van der Waals surface area (Å²) in [4.78, 5) is 48.2. The van der Waals surface area contributed by atoms with Gasteiger partial charge in [0, 0.05) is 55.4 Å². The van der Waals surface area contributed by atoms with E-state index >= 15 is 0 Å². The van der Waals surface area contributed by atoms with Crippen LogP contribution in [0.2, 0.25) is 0 Å². The molecule has 0 bridgehead atoms. The lowest BCUT2D eigenvalue weighted by Gasteiger charge is -2.55. The first-order chi connectivity index (χ1) is 22.2. The van der Waals surface area contributed by atoms with Crippen LogP contribution < -0.4 is 0 Å². The van der Waals surface area contributed by atoms with E-state index in [1.807, 2.05) is 43.0 Å². The Balaban J connectivity index is 1.55. The van der Waals surface area contributed by atoms with Gasteiger partial charge in [0.1, 0.15) is 17.1 Å². The van der Waals surface area contributed by atoms with Gasteiger partial charge in [-0.25, -0.2) is 19.7 Å². The SMILES string of the molecule is CCc1c[nH]c2ncc(-c3cc4c(c([C@]5(C(C)(C)C)COCCN5C(=O)OC(C)(C)C)c3)CN(C(=O)c3cnc(C)nc3)CC4)cc12. The number of amides is 2. The Morgan fingerprint density at radius 1 is 1.00 bits per heavy atom. The van der Waals surface area contributed by atoms with E-state index in [0.29, 0.717) is 50.7 Å². The van der Waals surface area contributed by atoms with E-state index in [4.69, 9.17) is 14.5 Å². The van der Waals surface area contributed by atoms with Crippen molar-refractivity contribution >= 4 is 23.0 Å². The number of hydrogen-bond donors (Lipinski definition) is 1. The molecular weight excluding hydrogens is 592 g/mol. The first-order valence-electron chi connectivity index (χ1n) is 16.5. The molecule has 1 saturated heterocycles. The molecule has 248 valence electrons. The van der Waals surface area contributed by atoms with Crippen molar-refractivity contribution < 1.29 is 19.1 Å². The number of morpholine rings is 1. The molecule has 10 heteroatoms. The minimum Gasteiger partial charge on any atom is -0.444 e. The van der Waals surface area contributed by atoms with Gasteiger partial charge in [-0.05, 0) is 85.9 Å². The molecule has 1 fully saturated rings. The topological polar surface area (TPSA) is 114 Å². The molecule has 1 aromatic carbocycles. The standard InChI is InChI=1S/C37H46N6O4/c1-9-24-17-40-32-29(24)15-27(18-41-32)26-14-25-10-11-42(33(44)28-19-38-23(2)39-20-28)21-30(25)31(16-26)37(35(3,4)5)22-46-13-12-43(37)34(45)47-36(6,7)8/h14-20H,9-13,21-22H2,1-8H3,(H,40,41)/t37-/m0/s1. The Labute approximate surface area is 276 Å². The summed E-state index contributed by atoms with van der Waals surface area (Å²) >= 11 is 0. The number of carbonyl (C=O) groups is 2. The number of benzene rings is 1. The number of rotatable bonds is 4. The fourth-order valence-electron chi connectivity index (χ4n) is 7.03. The Morgan fingerprint density at radius 3 is 2.43 bits per heavy atom. The van der Waals surface area contributed by atoms with E-state index in [2.05, 4.69) is 60.8 Å². The molecule has 1 atom stereocenters. The quantitative estimate of drug-likeness (QED) is 0.268. The first-order valence-corrected chi connectivity index (χ1v) is 16.5. The molecule has 0 aliphatic carbocycles. The minimum absolute atomic E-state index is 0.117. The van der Waals surface area contributed by atoms with E-state index in [1.54, 1.807) is 19.3 Å². The predicted molar refractivity (Wildman–Crippen MR) is 181 cm³/mol. The maximum atomic E-state index is 14.1. The Hall–Kier alpha value is -4.31. The number of hydrogen-bond acceptors (Lipinski definition) is 7. The van der Waals surface area contributed by atoms with Crippen molar-refractivity contribution in [1.29, 1.82) is 0 Å². The van der Waals surface area contributed by atoms with Crippen molar-refractivity contribution in [1.82, 2.24) is 29.7 Å². The van der Waals surface area contributed by atoms with E-state index in [9.17, 15) is 9.59 Å². The highest BCUT2D eigenvalue weighted by Gasteiger charge is 2.54. The van der Waals surface area contributed by atoms with Crippen LogP contribution in [-0.4, -0.2) is 73.6 Å². The van der Waals surface area contributed by atoms with Gasteiger partial charge in [-0.15, -0.1) is 0 Å². The molecule has 6 rings (SSSR count). The number of aromatic amines is 1. The van der Waals surface area contributed by atoms with Crippen molar-refractivity contribution in [2.24, 2.45) is 5.41 Å². The summed E-state index contributed by atoms with van der Waals surface area (Å²) in [6.07, 6.45) is 8.29. The van der Waals surface area contributed by atoms with Crippen molar-refractivity contribution in [2.45, 2.75) is 85.9 Å². The van der Waals surface area contributed by atoms with Crippen molar-refractivity contribution in [3.8, 4) is 11.1 Å². The molecule has 0 spiro atoms. The molecule has 3 aromatic heterocycles. The molecule has 2 aliphatic heterocycles. The summed E-state index contributed by atoms with van der Waals surface area (Å²) in [5, 5.41) is 1.10. The molecule has 0 unspecified atom stereocenters. The zero-order valence-corrected chi connectivity index (χ0v) is 28.9. The van der Waals surface area contributed by atoms with Gasteiger partial charge in [0.25, 0.3) is 5.91 Å². The molecule has 0 saturated carbocycles. The number of nitrogens with one attached hydrogen (secondary N) is 1. The minimum atomic E-state index is -0.896. The maximum Gasteiger partial charge on any atom is 0.411 e. The zero-order valence-electron chi connectivity index (χ0n) is 28.9. The van der Waals surface area contributed by atoms with E-state index in [1.165, 1.54) is 5.56 Å². The van der Waals surface area contributed by atoms with E-state index in [-0.39, 0.29) is 12.0 Å². The van der Waals surface area contributed by atoms with Gasteiger partial charge >= 0.3 is 6.09 Å². The zero-order chi connectivity index (χ0) is 33.7. The molecular formula is C37H46N6O4. The highest BCUT2D eigenvalue weighted by atomic mass is 16.6. The number of carbonyl (C=O) groups excluding carboxylic acids is 2. The Kier molecular flexibility index (Phi) is 8.36. The van der Waals surface area contributed by atoms with Crippen LogP contribution in [0.3, 0.4) is 0 Å². The Morgan fingerprint density at radius 2 is 1.74 bits per heavy atom. The molecule has 0 radical (unpaired) electrons. The molecule has 47 heavy (non-hydrogen) atoms. The summed E-state index contributed by atoms with van der Waals surface area (Å²) in [5.41, 5.74) is 5.63. The van der Waals surface area contributed by atoms with Gasteiger partial charge in [0.15, 0.2) is 0 Å². The van der Waals surface area contributed by atoms with Crippen LogP contribution >= 0.6 is 0 Å². The largest absolute Gasteiger partial charge is 0.444 e. The van der Waals surface area contributed by atoms with E-state index < -0.39 is 16.6 Å². The molecule has 10 nitrogen and oxygen atoms in total. The summed E-state index contributed by atoms with van der Waals surface area (Å²) in [5.74, 6) is 0.499. The third-order valence-electron chi connectivity index (χ3n) is 9.52. The number of fused-ring (bicyclic) bond motifs is 2. The lowest BCUT2D eigenvalue weighted by atomic mass is 9.65. The highest BCUT2D eigenvalue weighted by molar-refractivity contribution is 5.94. The number of aromatic nitrogens is 4. The molecule has 5 heterocycles. The second kappa shape index (κ2) is 12.0. The van der Waals surface area contributed by atoms with Gasteiger partial charge in [-0.3, -0.25) is 9.69 Å². The maximum absolute atomic E-state index is 14.1. The number of ether oxygens (including phenoxy) is 2. The van der Waals surface area contributed by atoms with Crippen molar-refractivity contribution in [2.75, 3.05) is 26.3 Å². The monoisotopic (exact) mass is 638 g/mol. The summed E-state index contributed by atoms with van der Waals surface area (Å²) in [7, 11) is 0. The van der Waals surface area contributed by atoms with Gasteiger partial charge < -0.3 is 19.4 Å². The van der Waals surface area contributed by atoms with Crippen molar-refractivity contribution in [3.63, 3.8) is 0 Å². The second-order valence-electron chi connectivity index (χ2n) is 14.7. The average molecular weight is 639 g/mol. The smallest absolute Gasteiger partial charge is 0.411 e. The van der Waals surface area contributed by atoms with Crippen LogP contribution in [0.15, 0.2) is 43.0 Å². The van der Waals surface area contributed by atoms with Gasteiger partial charge in [0.2, 0.25) is 0 Å². The summed E-state index contributed by atoms with van der Waals surface area (Å²) in [6.45, 7) is 18.1. The third-order valence-corrected chi connectivity index (χ3v) is 9.52. The molecule has 2 amide bonds. The number of nitrogens with zero attached hydrogens (tertiary/aromatic N) is 5. The molecule has 4 aromatic rings. The van der Waals surface area contributed by atoms with Crippen LogP contribution in [0, 0.1) is 12.3 Å². The molecule has 1 N–H and O–H groups in total. The van der Waals surface area contributed by atoms with Crippen LogP contribution in [0.5, 0.6) is 0 Å². The fourth-order valence-corrected chi connectivity index (χ4v) is 7.03. The van der Waals surface area contributed by atoms with Crippen LogP contribution in [0.1, 0.15) is 86.9 Å². The summed E-state index contributed by atoms with van der Waals surface area (Å²) < 4.78 is 12.3. The number of aryl methyl sites for hydroxylation is 2. The third kappa shape index (κ3) is 5.99. The Bertz CT molecular complexity index is 1820. The molecule has 2 aliphatic rings. The number of pyridine rings is 1. The first kappa shape index (κ1) is 32.6. The second-order valence-corrected chi connectivity index (χ2v) is 14.7. The van der Waals surface area contributed by atoms with Crippen LogP contribution in [0.25, 0.3) is 22.2 Å². The van der Waals surface area contributed by atoms with Crippen LogP contribution in [0.4, 0.5) is 4.79 Å². The highest BCUT2D eigenvalue weighted by Crippen LogP contribution is 2.50. The average Bonchev–Trinajstić information content (AvgIpc) is 3.45. The van der Waals surface area contributed by atoms with Crippen LogP contribution in [-0.2, 0) is 34.4 Å². The van der Waals surface area contributed by atoms with Gasteiger partial charge in [-0.2, -0.15) is 0 Å². The van der Waals surface area contributed by atoms with Gasteiger partial charge in [0.05, 0.1) is 24.3 Å². The van der Waals surface area contributed by atoms with Gasteiger partial charge in [-0.1, -0.05) is 33.8 Å². The predicted octanol–water partition coefficient (Wildman–Crippen LogP) is 6.60. The van der Waals surface area contributed by atoms with E-state index in [0.717, 1.165) is 45.3 Å². The lowest BCUT2D eigenvalue weighted by Crippen LogP contribution is -2.64. The lowest BCUT2D eigenvalue weighted by molar-refractivity contribution is -0.122. The normalized spacial score (nSPS) is 18.7. The summed E-state index contributed by atoms with van der Waals surface area (Å²) in [6, 6.07) is 6.63. The van der Waals surface area contributed by atoms with Crippen molar-refractivity contribution in [3.05, 3.63) is 76.6 Å².